The first kappa shape index (κ1) is 16.3. The number of methoxy groups -OCH3 is 2. The fourth-order valence-electron chi connectivity index (χ4n) is 2.46. The molecule has 0 aliphatic rings. The quantitative estimate of drug-likeness (QED) is 0.525. The largest absolute Gasteiger partial charge is 0.493 e. The third kappa shape index (κ3) is 2.70. The maximum Gasteiger partial charge on any atom is 0.267 e. The van der Waals surface area contributed by atoms with E-state index in [0.717, 1.165) is 4.47 Å². The first-order valence-electron chi connectivity index (χ1n) is 7.00. The van der Waals surface area contributed by atoms with E-state index in [4.69, 9.17) is 15.3 Å². The SMILES string of the molecule is COc1cc2nc(NN)n(-c3cccc(Br)c3)c(=O)c2cc1OC. The first-order chi connectivity index (χ1) is 11.6. The number of fused-ring (bicyclic) bond motifs is 1. The minimum absolute atomic E-state index is 0.220. The predicted molar refractivity (Wildman–Crippen MR) is 96.0 cm³/mol. The Bertz CT molecular complexity index is 971. The number of aromatic nitrogens is 2. The molecule has 0 amide bonds. The van der Waals surface area contributed by atoms with Crippen LogP contribution in [0.25, 0.3) is 16.6 Å². The normalized spacial score (nSPS) is 10.7. The number of anilines is 1. The van der Waals surface area contributed by atoms with Crippen molar-refractivity contribution in [2.45, 2.75) is 0 Å². The molecule has 0 fully saturated rings. The van der Waals surface area contributed by atoms with E-state index in [9.17, 15) is 4.79 Å². The van der Waals surface area contributed by atoms with Gasteiger partial charge in [-0.15, -0.1) is 0 Å². The van der Waals surface area contributed by atoms with Crippen LogP contribution in [0.1, 0.15) is 0 Å². The molecule has 8 heteroatoms. The number of hydrogen-bond acceptors (Lipinski definition) is 6. The van der Waals surface area contributed by atoms with Crippen molar-refractivity contribution in [1.29, 1.82) is 0 Å². The zero-order chi connectivity index (χ0) is 17.3. The minimum Gasteiger partial charge on any atom is -0.493 e. The molecule has 0 saturated carbocycles. The van der Waals surface area contributed by atoms with E-state index >= 15 is 0 Å². The molecule has 0 spiro atoms. The molecule has 0 atom stereocenters. The number of rotatable bonds is 4. The van der Waals surface area contributed by atoms with Crippen LogP contribution in [0, 0.1) is 0 Å². The Balaban J connectivity index is 2.38. The predicted octanol–water partition coefficient (Wildman–Crippen LogP) is 2.45. The molecule has 0 unspecified atom stereocenters. The lowest BCUT2D eigenvalue weighted by Crippen LogP contribution is -2.26. The average molecular weight is 391 g/mol. The highest BCUT2D eigenvalue weighted by Gasteiger charge is 2.15. The average Bonchev–Trinajstić information content (AvgIpc) is 2.60. The van der Waals surface area contributed by atoms with Crippen molar-refractivity contribution in [3.8, 4) is 17.2 Å². The molecule has 2 aromatic carbocycles. The second-order valence-corrected chi connectivity index (χ2v) is 5.84. The van der Waals surface area contributed by atoms with Crippen LogP contribution in [0.4, 0.5) is 5.95 Å². The molecular weight excluding hydrogens is 376 g/mol. The Morgan fingerprint density at radius 2 is 1.88 bits per heavy atom. The number of benzene rings is 2. The van der Waals surface area contributed by atoms with Crippen LogP contribution in [0.2, 0.25) is 0 Å². The summed E-state index contributed by atoms with van der Waals surface area (Å²) in [5, 5.41) is 0.395. The van der Waals surface area contributed by atoms with Gasteiger partial charge in [0.25, 0.3) is 5.56 Å². The molecule has 3 rings (SSSR count). The van der Waals surface area contributed by atoms with Crippen molar-refractivity contribution in [2.24, 2.45) is 5.84 Å². The first-order valence-corrected chi connectivity index (χ1v) is 7.79. The maximum atomic E-state index is 13.0. The minimum atomic E-state index is -0.271. The van der Waals surface area contributed by atoms with Crippen LogP contribution in [-0.4, -0.2) is 23.8 Å². The number of nitrogens with one attached hydrogen (secondary N) is 1. The van der Waals surface area contributed by atoms with Gasteiger partial charge in [0, 0.05) is 10.5 Å². The van der Waals surface area contributed by atoms with E-state index in [1.54, 1.807) is 24.3 Å². The van der Waals surface area contributed by atoms with Crippen molar-refractivity contribution in [1.82, 2.24) is 9.55 Å². The second kappa shape index (κ2) is 6.50. The van der Waals surface area contributed by atoms with Gasteiger partial charge < -0.3 is 9.47 Å². The highest BCUT2D eigenvalue weighted by Crippen LogP contribution is 2.31. The summed E-state index contributed by atoms with van der Waals surface area (Å²) in [4.78, 5) is 17.4. The highest BCUT2D eigenvalue weighted by atomic mass is 79.9. The van der Waals surface area contributed by atoms with Gasteiger partial charge in [0.2, 0.25) is 5.95 Å². The molecule has 7 nitrogen and oxygen atoms in total. The third-order valence-electron chi connectivity index (χ3n) is 3.57. The van der Waals surface area contributed by atoms with Crippen LogP contribution in [0.3, 0.4) is 0 Å². The Morgan fingerprint density at radius 1 is 1.17 bits per heavy atom. The van der Waals surface area contributed by atoms with E-state index in [1.807, 2.05) is 12.1 Å². The molecule has 24 heavy (non-hydrogen) atoms. The van der Waals surface area contributed by atoms with Gasteiger partial charge in [-0.3, -0.25) is 10.2 Å². The number of hydrazine groups is 1. The molecular formula is C16H15BrN4O3. The van der Waals surface area contributed by atoms with E-state index in [1.165, 1.54) is 18.8 Å². The van der Waals surface area contributed by atoms with E-state index < -0.39 is 0 Å². The molecule has 3 N–H and O–H groups in total. The van der Waals surface area contributed by atoms with E-state index in [0.29, 0.717) is 28.1 Å². The van der Waals surface area contributed by atoms with Crippen LogP contribution in [0.5, 0.6) is 11.5 Å². The molecule has 0 aliphatic heterocycles. The molecule has 1 heterocycles. The summed E-state index contributed by atoms with van der Waals surface area (Å²) in [7, 11) is 3.04. The zero-order valence-corrected chi connectivity index (χ0v) is 14.6. The number of nitrogen functional groups attached to an aromatic ring is 1. The number of nitrogens with two attached hydrogens (primary N) is 1. The zero-order valence-electron chi connectivity index (χ0n) is 13.0. The maximum absolute atomic E-state index is 13.0. The number of halogens is 1. The fourth-order valence-corrected chi connectivity index (χ4v) is 2.85. The highest BCUT2D eigenvalue weighted by molar-refractivity contribution is 9.10. The van der Waals surface area contributed by atoms with Crippen molar-refractivity contribution < 1.29 is 9.47 Å². The standard InChI is InChI=1S/C16H15BrN4O3/c1-23-13-7-11-12(8-14(13)24-2)19-16(20-18)21(15(11)22)10-5-3-4-9(17)6-10/h3-8H,18H2,1-2H3,(H,19,20). The summed E-state index contributed by atoms with van der Waals surface area (Å²) in [6.07, 6.45) is 0. The van der Waals surface area contributed by atoms with Crippen molar-refractivity contribution in [3.63, 3.8) is 0 Å². The van der Waals surface area contributed by atoms with Crippen molar-refractivity contribution >= 4 is 32.8 Å². The molecule has 0 aliphatic carbocycles. The van der Waals surface area contributed by atoms with Crippen molar-refractivity contribution in [2.75, 3.05) is 19.6 Å². The topological polar surface area (TPSA) is 91.4 Å². The lowest BCUT2D eigenvalue weighted by Gasteiger charge is -2.14. The van der Waals surface area contributed by atoms with Gasteiger partial charge >= 0.3 is 0 Å². The van der Waals surface area contributed by atoms with Crippen LogP contribution in [0.15, 0.2) is 45.7 Å². The van der Waals surface area contributed by atoms with Gasteiger partial charge in [-0.1, -0.05) is 22.0 Å². The van der Waals surface area contributed by atoms with Crippen LogP contribution >= 0.6 is 15.9 Å². The van der Waals surface area contributed by atoms with Gasteiger partial charge in [0.15, 0.2) is 11.5 Å². The van der Waals surface area contributed by atoms with Crippen LogP contribution < -0.4 is 26.3 Å². The van der Waals surface area contributed by atoms with Gasteiger partial charge in [-0.2, -0.15) is 0 Å². The van der Waals surface area contributed by atoms with Gasteiger partial charge in [-0.25, -0.2) is 15.4 Å². The molecule has 1 aromatic heterocycles. The fraction of sp³-hybridized carbons (Fsp3) is 0.125. The summed E-state index contributed by atoms with van der Waals surface area (Å²) in [5.41, 5.74) is 3.29. The van der Waals surface area contributed by atoms with Gasteiger partial charge in [0.05, 0.1) is 30.8 Å². The van der Waals surface area contributed by atoms with Crippen molar-refractivity contribution in [3.05, 3.63) is 51.2 Å². The Kier molecular flexibility index (Phi) is 4.41. The van der Waals surface area contributed by atoms with Gasteiger partial charge in [-0.05, 0) is 24.3 Å². The molecule has 0 bridgehead atoms. The Morgan fingerprint density at radius 3 is 2.50 bits per heavy atom. The monoisotopic (exact) mass is 390 g/mol. The molecule has 0 saturated heterocycles. The summed E-state index contributed by atoms with van der Waals surface area (Å²) in [5.74, 6) is 6.74. The second-order valence-electron chi connectivity index (χ2n) is 4.92. The molecule has 124 valence electrons. The van der Waals surface area contributed by atoms with Gasteiger partial charge in [0.1, 0.15) is 0 Å². The molecule has 3 aromatic rings. The summed E-state index contributed by atoms with van der Waals surface area (Å²) < 4.78 is 12.8. The Hall–Kier alpha value is -2.58. The number of ether oxygens (including phenoxy) is 2. The van der Waals surface area contributed by atoms with E-state index in [-0.39, 0.29) is 11.5 Å². The van der Waals surface area contributed by atoms with Crippen LogP contribution in [-0.2, 0) is 0 Å². The summed E-state index contributed by atoms with van der Waals surface area (Å²) in [6.45, 7) is 0. The lowest BCUT2D eigenvalue weighted by molar-refractivity contribution is 0.355. The number of hydrogen-bond donors (Lipinski definition) is 2. The summed E-state index contributed by atoms with van der Waals surface area (Å²) >= 11 is 3.40. The summed E-state index contributed by atoms with van der Waals surface area (Å²) in [6, 6.07) is 10.5. The third-order valence-corrected chi connectivity index (χ3v) is 4.06. The lowest BCUT2D eigenvalue weighted by atomic mass is 10.2. The molecule has 0 radical (unpaired) electrons. The van der Waals surface area contributed by atoms with E-state index in [2.05, 4.69) is 26.3 Å². The Labute approximate surface area is 146 Å². The number of nitrogens with zero attached hydrogens (tertiary/aromatic N) is 2. The smallest absolute Gasteiger partial charge is 0.267 e.